The fourth-order valence-corrected chi connectivity index (χ4v) is 2.55. The Kier molecular flexibility index (Phi) is 4.69. The lowest BCUT2D eigenvalue weighted by molar-refractivity contribution is 0.102. The van der Waals surface area contributed by atoms with Crippen LogP contribution in [0.5, 0.6) is 0 Å². The number of benzene rings is 1. The van der Waals surface area contributed by atoms with E-state index in [0.29, 0.717) is 34.9 Å². The van der Waals surface area contributed by atoms with E-state index in [-0.39, 0.29) is 5.91 Å². The first kappa shape index (κ1) is 14.5. The zero-order valence-electron chi connectivity index (χ0n) is 10.4. The van der Waals surface area contributed by atoms with E-state index >= 15 is 0 Å². The van der Waals surface area contributed by atoms with E-state index in [1.165, 1.54) is 17.4 Å². The fraction of sp³-hybridized carbons (Fsp3) is 0.154. The van der Waals surface area contributed by atoms with Crippen LogP contribution < -0.4 is 11.1 Å². The van der Waals surface area contributed by atoms with Crippen molar-refractivity contribution in [1.29, 1.82) is 5.26 Å². The van der Waals surface area contributed by atoms with Crippen LogP contribution in [0.25, 0.3) is 0 Å². The number of thiazole rings is 1. The Balaban J connectivity index is 2.11. The number of rotatable bonds is 4. The van der Waals surface area contributed by atoms with E-state index in [4.69, 9.17) is 22.6 Å². The first-order valence-electron chi connectivity index (χ1n) is 5.79. The largest absolute Gasteiger partial charge is 0.330 e. The van der Waals surface area contributed by atoms with E-state index in [9.17, 15) is 4.79 Å². The van der Waals surface area contributed by atoms with Crippen molar-refractivity contribution in [2.24, 2.45) is 5.73 Å². The van der Waals surface area contributed by atoms with Crippen molar-refractivity contribution in [3.05, 3.63) is 44.9 Å². The molecule has 0 atom stereocenters. The molecule has 1 heterocycles. The van der Waals surface area contributed by atoms with Crippen molar-refractivity contribution in [2.75, 3.05) is 11.9 Å². The summed E-state index contributed by atoms with van der Waals surface area (Å²) in [5, 5.41) is 14.3. The lowest BCUT2D eigenvalue weighted by atomic mass is 10.2. The number of hydrogen-bond donors (Lipinski definition) is 2. The quantitative estimate of drug-likeness (QED) is 0.907. The standard InChI is InChI=1S/C13H11ClN4OS/c14-10-5-9(2-1-8(10)6-16)17-13(19)11-7-20-12(18-11)3-4-15/h1-2,5,7H,3-4,15H2,(H,17,19). The van der Waals surface area contributed by atoms with Crippen molar-refractivity contribution in [1.82, 2.24) is 4.98 Å². The molecule has 1 amide bonds. The summed E-state index contributed by atoms with van der Waals surface area (Å²) in [6.45, 7) is 0.500. The molecule has 0 unspecified atom stereocenters. The number of nitrogens with two attached hydrogens (primary N) is 1. The summed E-state index contributed by atoms with van der Waals surface area (Å²) in [6, 6.07) is 6.67. The Bertz CT molecular complexity index is 677. The number of carbonyl (C=O) groups excluding carboxylic acids is 1. The molecule has 0 fully saturated rings. The van der Waals surface area contributed by atoms with Gasteiger partial charge in [0.2, 0.25) is 0 Å². The number of hydrogen-bond acceptors (Lipinski definition) is 5. The number of nitrogens with one attached hydrogen (secondary N) is 1. The lowest BCUT2D eigenvalue weighted by Gasteiger charge is -2.04. The monoisotopic (exact) mass is 306 g/mol. The van der Waals surface area contributed by atoms with Gasteiger partial charge in [0.25, 0.3) is 5.91 Å². The SMILES string of the molecule is N#Cc1ccc(NC(=O)c2csc(CCN)n2)cc1Cl. The third-order valence-electron chi connectivity index (χ3n) is 2.49. The summed E-state index contributed by atoms with van der Waals surface area (Å²) in [6.07, 6.45) is 0.653. The Hall–Kier alpha value is -1.94. The van der Waals surface area contributed by atoms with Crippen molar-refractivity contribution < 1.29 is 4.79 Å². The van der Waals surface area contributed by atoms with E-state index in [0.717, 1.165) is 5.01 Å². The first-order valence-corrected chi connectivity index (χ1v) is 7.05. The average molecular weight is 307 g/mol. The Morgan fingerprint density at radius 2 is 2.35 bits per heavy atom. The van der Waals surface area contributed by atoms with E-state index in [1.54, 1.807) is 17.5 Å². The average Bonchev–Trinajstić information content (AvgIpc) is 2.88. The van der Waals surface area contributed by atoms with Gasteiger partial charge >= 0.3 is 0 Å². The summed E-state index contributed by atoms with van der Waals surface area (Å²) < 4.78 is 0. The molecule has 7 heteroatoms. The second-order valence-corrected chi connectivity index (χ2v) is 5.28. The predicted molar refractivity (Wildman–Crippen MR) is 79.0 cm³/mol. The number of carbonyl (C=O) groups is 1. The van der Waals surface area contributed by atoms with Gasteiger partial charge in [-0.1, -0.05) is 11.6 Å². The van der Waals surface area contributed by atoms with Crippen molar-refractivity contribution in [3.8, 4) is 6.07 Å². The summed E-state index contributed by atoms with van der Waals surface area (Å²) in [7, 11) is 0. The molecule has 0 radical (unpaired) electrons. The fourth-order valence-electron chi connectivity index (χ4n) is 1.53. The van der Waals surface area contributed by atoms with Crippen LogP contribution in [0.3, 0.4) is 0 Å². The highest BCUT2D eigenvalue weighted by molar-refractivity contribution is 7.09. The van der Waals surface area contributed by atoms with E-state index < -0.39 is 0 Å². The number of aromatic nitrogens is 1. The molecular weight excluding hydrogens is 296 g/mol. The van der Waals surface area contributed by atoms with Gasteiger partial charge in [-0.25, -0.2) is 4.98 Å². The molecule has 0 saturated heterocycles. The molecule has 3 N–H and O–H groups in total. The smallest absolute Gasteiger partial charge is 0.275 e. The molecule has 20 heavy (non-hydrogen) atoms. The Labute approximate surface area is 125 Å². The van der Waals surface area contributed by atoms with Crippen LogP contribution in [0.4, 0.5) is 5.69 Å². The Morgan fingerprint density at radius 3 is 3.00 bits per heavy atom. The topological polar surface area (TPSA) is 91.8 Å². The molecule has 1 aromatic heterocycles. The van der Waals surface area contributed by atoms with Crippen LogP contribution in [0.15, 0.2) is 23.6 Å². The molecule has 0 aliphatic carbocycles. The van der Waals surface area contributed by atoms with Crippen LogP contribution in [0.1, 0.15) is 21.1 Å². The Morgan fingerprint density at radius 1 is 1.55 bits per heavy atom. The second kappa shape index (κ2) is 6.48. The van der Waals surface area contributed by atoms with Crippen LogP contribution >= 0.6 is 22.9 Å². The predicted octanol–water partition coefficient (Wildman–Crippen LogP) is 2.42. The summed E-state index contributed by atoms with van der Waals surface area (Å²) in [5.74, 6) is -0.315. The van der Waals surface area contributed by atoms with Gasteiger partial charge in [-0.05, 0) is 24.7 Å². The maximum Gasteiger partial charge on any atom is 0.275 e. The number of anilines is 1. The van der Waals surface area contributed by atoms with Crippen molar-refractivity contribution in [3.63, 3.8) is 0 Å². The molecular formula is C13H11ClN4OS. The molecule has 0 saturated carbocycles. The zero-order chi connectivity index (χ0) is 14.5. The minimum absolute atomic E-state index is 0.299. The molecule has 5 nitrogen and oxygen atoms in total. The summed E-state index contributed by atoms with van der Waals surface area (Å²) >= 11 is 7.30. The normalized spacial score (nSPS) is 10.1. The highest BCUT2D eigenvalue weighted by Gasteiger charge is 2.11. The summed E-state index contributed by atoms with van der Waals surface area (Å²) in [4.78, 5) is 16.2. The number of nitrogens with zero attached hydrogens (tertiary/aromatic N) is 2. The van der Waals surface area contributed by atoms with Gasteiger partial charge in [0.05, 0.1) is 15.6 Å². The molecule has 2 aromatic rings. The van der Waals surface area contributed by atoms with Crippen LogP contribution in [0.2, 0.25) is 5.02 Å². The van der Waals surface area contributed by atoms with Gasteiger partial charge in [-0.15, -0.1) is 11.3 Å². The third-order valence-corrected chi connectivity index (χ3v) is 3.71. The molecule has 2 rings (SSSR count). The van der Waals surface area contributed by atoms with Gasteiger partial charge in [-0.2, -0.15) is 5.26 Å². The van der Waals surface area contributed by atoms with Crippen LogP contribution in [0, 0.1) is 11.3 Å². The van der Waals surface area contributed by atoms with E-state index in [1.807, 2.05) is 6.07 Å². The van der Waals surface area contributed by atoms with Gasteiger partial charge < -0.3 is 11.1 Å². The molecule has 0 aliphatic heterocycles. The van der Waals surface area contributed by atoms with Gasteiger partial charge in [0.15, 0.2) is 0 Å². The number of halogens is 1. The molecule has 1 aromatic carbocycles. The maximum atomic E-state index is 12.0. The van der Waals surface area contributed by atoms with Crippen molar-refractivity contribution in [2.45, 2.75) is 6.42 Å². The molecule has 0 spiro atoms. The first-order chi connectivity index (χ1) is 9.63. The molecule has 102 valence electrons. The number of nitriles is 1. The van der Waals surface area contributed by atoms with Gasteiger partial charge in [-0.3, -0.25) is 4.79 Å². The minimum Gasteiger partial charge on any atom is -0.330 e. The lowest BCUT2D eigenvalue weighted by Crippen LogP contribution is -2.12. The molecule has 0 aliphatic rings. The highest BCUT2D eigenvalue weighted by Crippen LogP contribution is 2.21. The summed E-state index contributed by atoms with van der Waals surface area (Å²) in [5.41, 5.74) is 6.67. The van der Waals surface area contributed by atoms with Gasteiger partial charge in [0, 0.05) is 17.5 Å². The zero-order valence-corrected chi connectivity index (χ0v) is 12.0. The van der Waals surface area contributed by atoms with Gasteiger partial charge in [0.1, 0.15) is 11.8 Å². The van der Waals surface area contributed by atoms with Crippen LogP contribution in [-0.2, 0) is 6.42 Å². The molecule has 0 bridgehead atoms. The van der Waals surface area contributed by atoms with E-state index in [2.05, 4.69) is 10.3 Å². The van der Waals surface area contributed by atoms with Crippen LogP contribution in [-0.4, -0.2) is 17.4 Å². The number of amides is 1. The van der Waals surface area contributed by atoms with Crippen molar-refractivity contribution >= 4 is 34.5 Å². The second-order valence-electron chi connectivity index (χ2n) is 3.93. The highest BCUT2D eigenvalue weighted by atomic mass is 35.5. The third kappa shape index (κ3) is 3.33. The minimum atomic E-state index is -0.315. The maximum absolute atomic E-state index is 12.0.